The quantitative estimate of drug-likeness (QED) is 0.851. The first-order valence-corrected chi connectivity index (χ1v) is 7.38. The predicted molar refractivity (Wildman–Crippen MR) is 78.8 cm³/mol. The Morgan fingerprint density at radius 1 is 1.17 bits per heavy atom. The van der Waals surface area contributed by atoms with E-state index in [0.29, 0.717) is 0 Å². The average molecular weight is 245 g/mol. The molecule has 1 aliphatic carbocycles. The molecule has 0 saturated heterocycles. The van der Waals surface area contributed by atoms with Crippen LogP contribution in [-0.2, 0) is 6.42 Å². The Balaban J connectivity index is 2.09. The van der Waals surface area contributed by atoms with E-state index in [1.807, 2.05) is 0 Å². The molecule has 0 radical (unpaired) electrons. The van der Waals surface area contributed by atoms with Crippen LogP contribution in [0.2, 0.25) is 0 Å². The summed E-state index contributed by atoms with van der Waals surface area (Å²) in [4.78, 5) is 0. The Morgan fingerprint density at radius 2 is 1.72 bits per heavy atom. The molecule has 18 heavy (non-hydrogen) atoms. The SMILES string of the molecule is CCC1CCC(N)(Cc2c(C)cccc2C)CC1. The molecule has 1 aromatic rings. The zero-order valence-electron chi connectivity index (χ0n) is 12.1. The molecule has 2 rings (SSSR count). The van der Waals surface area contributed by atoms with Crippen molar-refractivity contribution in [3.05, 3.63) is 34.9 Å². The lowest BCUT2D eigenvalue weighted by atomic mass is 9.72. The molecule has 0 spiro atoms. The van der Waals surface area contributed by atoms with Crippen LogP contribution in [0.25, 0.3) is 0 Å². The number of benzene rings is 1. The molecule has 0 atom stereocenters. The van der Waals surface area contributed by atoms with E-state index in [0.717, 1.165) is 12.3 Å². The molecule has 0 bridgehead atoms. The highest BCUT2D eigenvalue weighted by Gasteiger charge is 2.31. The maximum atomic E-state index is 6.65. The van der Waals surface area contributed by atoms with E-state index in [1.165, 1.54) is 48.8 Å². The summed E-state index contributed by atoms with van der Waals surface area (Å²) in [5, 5.41) is 0. The highest BCUT2D eigenvalue weighted by molar-refractivity contribution is 5.35. The third kappa shape index (κ3) is 2.95. The van der Waals surface area contributed by atoms with Crippen LogP contribution in [0.5, 0.6) is 0 Å². The van der Waals surface area contributed by atoms with Gasteiger partial charge in [-0.25, -0.2) is 0 Å². The minimum absolute atomic E-state index is 0.0442. The van der Waals surface area contributed by atoms with Crippen molar-refractivity contribution in [2.45, 2.75) is 64.8 Å². The molecule has 1 nitrogen and oxygen atoms in total. The van der Waals surface area contributed by atoms with Gasteiger partial charge >= 0.3 is 0 Å². The molecule has 0 aliphatic heterocycles. The van der Waals surface area contributed by atoms with Crippen molar-refractivity contribution in [1.29, 1.82) is 0 Å². The van der Waals surface area contributed by atoms with Gasteiger partial charge in [-0.15, -0.1) is 0 Å². The van der Waals surface area contributed by atoms with Gasteiger partial charge in [0, 0.05) is 5.54 Å². The first kappa shape index (κ1) is 13.6. The van der Waals surface area contributed by atoms with Crippen molar-refractivity contribution in [2.24, 2.45) is 11.7 Å². The summed E-state index contributed by atoms with van der Waals surface area (Å²) >= 11 is 0. The van der Waals surface area contributed by atoms with E-state index in [4.69, 9.17) is 5.73 Å². The van der Waals surface area contributed by atoms with Crippen molar-refractivity contribution in [3.63, 3.8) is 0 Å². The molecule has 0 heterocycles. The van der Waals surface area contributed by atoms with Gasteiger partial charge in [0.25, 0.3) is 0 Å². The number of nitrogens with two attached hydrogens (primary N) is 1. The minimum Gasteiger partial charge on any atom is -0.325 e. The molecule has 0 aromatic heterocycles. The van der Waals surface area contributed by atoms with Crippen molar-refractivity contribution in [2.75, 3.05) is 0 Å². The number of aryl methyl sites for hydroxylation is 2. The van der Waals surface area contributed by atoms with Crippen LogP contribution in [0.1, 0.15) is 55.7 Å². The second-order valence-corrected chi connectivity index (χ2v) is 6.26. The lowest BCUT2D eigenvalue weighted by molar-refractivity contribution is 0.228. The van der Waals surface area contributed by atoms with E-state index < -0.39 is 0 Å². The van der Waals surface area contributed by atoms with Gasteiger partial charge in [0.05, 0.1) is 0 Å². The Kier molecular flexibility index (Phi) is 4.11. The molecule has 1 aliphatic rings. The van der Waals surface area contributed by atoms with Crippen molar-refractivity contribution >= 4 is 0 Å². The summed E-state index contributed by atoms with van der Waals surface area (Å²) in [5.41, 5.74) is 11.0. The van der Waals surface area contributed by atoms with Crippen molar-refractivity contribution < 1.29 is 0 Å². The van der Waals surface area contributed by atoms with Gasteiger partial charge in [-0.3, -0.25) is 0 Å². The Labute approximate surface area is 112 Å². The number of hydrogen-bond acceptors (Lipinski definition) is 1. The molecule has 100 valence electrons. The minimum atomic E-state index is 0.0442. The fourth-order valence-electron chi connectivity index (χ4n) is 3.32. The van der Waals surface area contributed by atoms with Crippen LogP contribution in [0.3, 0.4) is 0 Å². The van der Waals surface area contributed by atoms with Gasteiger partial charge in [0.15, 0.2) is 0 Å². The summed E-state index contributed by atoms with van der Waals surface area (Å²) < 4.78 is 0. The lowest BCUT2D eigenvalue weighted by Crippen LogP contribution is -2.45. The second kappa shape index (κ2) is 5.44. The highest BCUT2D eigenvalue weighted by atomic mass is 14.7. The average Bonchev–Trinajstić information content (AvgIpc) is 2.35. The van der Waals surface area contributed by atoms with E-state index >= 15 is 0 Å². The fourth-order valence-corrected chi connectivity index (χ4v) is 3.32. The third-order valence-corrected chi connectivity index (χ3v) is 4.85. The molecule has 2 N–H and O–H groups in total. The summed E-state index contributed by atoms with van der Waals surface area (Å²) in [6.45, 7) is 6.73. The molecule has 0 amide bonds. The van der Waals surface area contributed by atoms with E-state index in [1.54, 1.807) is 0 Å². The Bertz CT molecular complexity index is 380. The van der Waals surface area contributed by atoms with Crippen LogP contribution >= 0.6 is 0 Å². The molecule has 1 fully saturated rings. The maximum Gasteiger partial charge on any atom is 0.0195 e. The molecule has 1 heteroatoms. The first-order valence-electron chi connectivity index (χ1n) is 7.38. The lowest BCUT2D eigenvalue weighted by Gasteiger charge is -2.38. The van der Waals surface area contributed by atoms with Gasteiger partial charge in [-0.1, -0.05) is 31.5 Å². The van der Waals surface area contributed by atoms with Gasteiger partial charge < -0.3 is 5.73 Å². The molecular weight excluding hydrogens is 218 g/mol. The Hall–Kier alpha value is -0.820. The van der Waals surface area contributed by atoms with E-state index in [9.17, 15) is 0 Å². The van der Waals surface area contributed by atoms with Crippen molar-refractivity contribution in [1.82, 2.24) is 0 Å². The van der Waals surface area contributed by atoms with Crippen LogP contribution < -0.4 is 5.73 Å². The monoisotopic (exact) mass is 245 g/mol. The van der Waals surface area contributed by atoms with E-state index in [2.05, 4.69) is 39.0 Å². The summed E-state index contributed by atoms with van der Waals surface area (Å²) in [5.74, 6) is 0.916. The zero-order chi connectivity index (χ0) is 13.2. The standard InChI is InChI=1S/C17H27N/c1-4-15-8-10-17(18,11-9-15)12-16-13(2)6-5-7-14(16)3/h5-7,15H,4,8-12,18H2,1-3H3. The maximum absolute atomic E-state index is 6.65. The van der Waals surface area contributed by atoms with Gasteiger partial charge in [0.2, 0.25) is 0 Å². The zero-order valence-corrected chi connectivity index (χ0v) is 12.1. The number of hydrogen-bond donors (Lipinski definition) is 1. The topological polar surface area (TPSA) is 26.0 Å². The predicted octanol–water partition coefficient (Wildman–Crippen LogP) is 4.14. The third-order valence-electron chi connectivity index (χ3n) is 4.85. The number of rotatable bonds is 3. The molecule has 1 aromatic carbocycles. The van der Waals surface area contributed by atoms with Gasteiger partial charge in [0.1, 0.15) is 0 Å². The smallest absolute Gasteiger partial charge is 0.0195 e. The van der Waals surface area contributed by atoms with Crippen LogP contribution in [0.4, 0.5) is 0 Å². The summed E-state index contributed by atoms with van der Waals surface area (Å²) in [6.07, 6.45) is 7.40. The summed E-state index contributed by atoms with van der Waals surface area (Å²) in [6, 6.07) is 6.57. The van der Waals surface area contributed by atoms with Crippen LogP contribution in [0, 0.1) is 19.8 Å². The Morgan fingerprint density at radius 3 is 2.22 bits per heavy atom. The van der Waals surface area contributed by atoms with E-state index in [-0.39, 0.29) is 5.54 Å². The second-order valence-electron chi connectivity index (χ2n) is 6.26. The summed E-state index contributed by atoms with van der Waals surface area (Å²) in [7, 11) is 0. The largest absolute Gasteiger partial charge is 0.325 e. The van der Waals surface area contributed by atoms with Gasteiger partial charge in [-0.2, -0.15) is 0 Å². The molecular formula is C17H27N. The molecule has 1 saturated carbocycles. The molecule has 0 unspecified atom stereocenters. The van der Waals surface area contributed by atoms with Crippen LogP contribution in [0.15, 0.2) is 18.2 Å². The fraction of sp³-hybridized carbons (Fsp3) is 0.647. The van der Waals surface area contributed by atoms with Crippen molar-refractivity contribution in [3.8, 4) is 0 Å². The van der Waals surface area contributed by atoms with Gasteiger partial charge in [-0.05, 0) is 68.6 Å². The van der Waals surface area contributed by atoms with Crippen LogP contribution in [-0.4, -0.2) is 5.54 Å². The normalized spacial score (nSPS) is 28.3. The highest BCUT2D eigenvalue weighted by Crippen LogP contribution is 2.35. The first-order chi connectivity index (χ1) is 8.54.